The first-order valence-corrected chi connectivity index (χ1v) is 4.39. The second kappa shape index (κ2) is 22.9. The topological polar surface area (TPSA) is 18.5 Å². The van der Waals surface area contributed by atoms with Gasteiger partial charge in [0.25, 0.3) is 0 Å². The van der Waals surface area contributed by atoms with Gasteiger partial charge in [-0.2, -0.15) is 12.8 Å². The molecule has 0 radical (unpaired) electrons. The van der Waals surface area contributed by atoms with Crippen LogP contribution in [0, 0.1) is 13.8 Å². The molecule has 0 heterocycles. The van der Waals surface area contributed by atoms with Gasteiger partial charge in [0.2, 0.25) is 0 Å². The second-order valence-corrected chi connectivity index (χ2v) is 2.40. The first-order chi connectivity index (χ1) is 5.83. The molecule has 3 heteroatoms. The Labute approximate surface area is 96.1 Å². The summed E-state index contributed by atoms with van der Waals surface area (Å²) in [7, 11) is 3.41. The largest absolute Gasteiger partial charge is 2.00 e. The summed E-state index contributed by atoms with van der Waals surface area (Å²) in [6, 6.07) is 0. The van der Waals surface area contributed by atoms with Crippen molar-refractivity contribution in [3.63, 3.8) is 0 Å². The molecule has 2 nitrogen and oxygen atoms in total. The van der Waals surface area contributed by atoms with E-state index in [4.69, 9.17) is 9.47 Å². The zero-order valence-electron chi connectivity index (χ0n) is 9.18. The third-order valence-corrected chi connectivity index (χ3v) is 1.20. The molecule has 0 rings (SSSR count). The molecule has 0 saturated heterocycles. The maximum absolute atomic E-state index is 4.74. The van der Waals surface area contributed by atoms with E-state index in [1.807, 2.05) is 0 Å². The van der Waals surface area contributed by atoms with E-state index in [9.17, 15) is 0 Å². The van der Waals surface area contributed by atoms with Crippen molar-refractivity contribution in [1.29, 1.82) is 0 Å². The minimum absolute atomic E-state index is 0. The third-order valence-electron chi connectivity index (χ3n) is 1.20. The molecule has 0 fully saturated rings. The van der Waals surface area contributed by atoms with Gasteiger partial charge in [0.1, 0.15) is 0 Å². The average Bonchev–Trinajstić information content (AvgIpc) is 2.12. The van der Waals surface area contributed by atoms with Crippen LogP contribution in [0.3, 0.4) is 0 Å². The van der Waals surface area contributed by atoms with Gasteiger partial charge in [0.05, 0.1) is 0 Å². The van der Waals surface area contributed by atoms with Crippen molar-refractivity contribution in [3.8, 4) is 0 Å². The smallest absolute Gasteiger partial charge is 0.385 e. The maximum atomic E-state index is 4.74. The second-order valence-electron chi connectivity index (χ2n) is 2.40. The molecule has 0 aliphatic heterocycles. The molecule has 76 valence electrons. The fourth-order valence-electron chi connectivity index (χ4n) is 0.493. The molecule has 0 aliphatic carbocycles. The Hall–Kier alpha value is 0.543. The Bertz CT molecular complexity index is 44.9. The predicted octanol–water partition coefficient (Wildman–Crippen LogP) is 2.49. The minimum Gasteiger partial charge on any atom is -0.385 e. The van der Waals surface area contributed by atoms with Crippen LogP contribution in [0.25, 0.3) is 0 Å². The number of hydrogen-bond acceptors (Lipinski definition) is 2. The summed E-state index contributed by atoms with van der Waals surface area (Å²) in [5.41, 5.74) is 0. The van der Waals surface area contributed by atoms with Crippen molar-refractivity contribution in [1.82, 2.24) is 0 Å². The van der Waals surface area contributed by atoms with Crippen LogP contribution < -0.4 is 0 Å². The molecule has 0 saturated carbocycles. The van der Waals surface area contributed by atoms with Crippen LogP contribution >= 0.6 is 0 Å². The van der Waals surface area contributed by atoms with Crippen LogP contribution in [-0.4, -0.2) is 27.4 Å². The fourth-order valence-corrected chi connectivity index (χ4v) is 0.493. The van der Waals surface area contributed by atoms with Crippen molar-refractivity contribution in [2.45, 2.75) is 25.7 Å². The molecule has 0 aromatic heterocycles. The van der Waals surface area contributed by atoms with Crippen LogP contribution in [0.4, 0.5) is 0 Å². The van der Waals surface area contributed by atoms with E-state index in [1.165, 1.54) is 0 Å². The van der Waals surface area contributed by atoms with Crippen LogP contribution in [0.1, 0.15) is 25.7 Å². The maximum Gasteiger partial charge on any atom is 2.00 e. The molecule has 0 N–H and O–H groups in total. The third kappa shape index (κ3) is 32.6. The van der Waals surface area contributed by atoms with Crippen LogP contribution in [0.15, 0.2) is 0 Å². The molecular formula is C10H22O2Zn. The van der Waals surface area contributed by atoms with Crippen molar-refractivity contribution in [2.75, 3.05) is 27.4 Å². The zero-order valence-corrected chi connectivity index (χ0v) is 12.1. The van der Waals surface area contributed by atoms with Gasteiger partial charge in [-0.05, 0) is 0 Å². The Morgan fingerprint density at radius 1 is 0.846 bits per heavy atom. The van der Waals surface area contributed by atoms with Crippen molar-refractivity contribution in [2.24, 2.45) is 0 Å². The van der Waals surface area contributed by atoms with Gasteiger partial charge >= 0.3 is 19.5 Å². The van der Waals surface area contributed by atoms with Gasteiger partial charge in [-0.1, -0.05) is 12.8 Å². The van der Waals surface area contributed by atoms with Crippen molar-refractivity contribution >= 4 is 0 Å². The fraction of sp³-hybridized carbons (Fsp3) is 0.800. The van der Waals surface area contributed by atoms with Crippen LogP contribution in [-0.2, 0) is 29.0 Å². The van der Waals surface area contributed by atoms with Gasteiger partial charge in [0, 0.05) is 27.4 Å². The van der Waals surface area contributed by atoms with E-state index < -0.39 is 0 Å². The first-order valence-electron chi connectivity index (χ1n) is 4.39. The quantitative estimate of drug-likeness (QED) is 0.403. The molecule has 0 amide bonds. The number of unbranched alkanes of at least 4 members (excludes halogenated alkanes) is 2. The molecular weight excluding hydrogens is 217 g/mol. The summed E-state index contributed by atoms with van der Waals surface area (Å²) in [4.78, 5) is 0. The summed E-state index contributed by atoms with van der Waals surface area (Å²) in [5, 5.41) is 0. The Morgan fingerprint density at radius 2 is 1.15 bits per heavy atom. The molecule has 0 aromatic carbocycles. The monoisotopic (exact) mass is 238 g/mol. The molecule has 0 atom stereocenters. The number of methoxy groups -OCH3 is 2. The molecule has 0 spiro atoms. The number of rotatable bonds is 6. The molecule has 0 aromatic rings. The van der Waals surface area contributed by atoms with Gasteiger partial charge in [0.15, 0.2) is 0 Å². The summed E-state index contributed by atoms with van der Waals surface area (Å²) in [5.74, 6) is 0. The summed E-state index contributed by atoms with van der Waals surface area (Å²) >= 11 is 0. The molecule has 13 heavy (non-hydrogen) atoms. The minimum atomic E-state index is 0. The summed E-state index contributed by atoms with van der Waals surface area (Å²) in [6.45, 7) is 8.99. The molecule has 0 aliphatic rings. The first kappa shape index (κ1) is 19.2. The van der Waals surface area contributed by atoms with E-state index >= 15 is 0 Å². The van der Waals surface area contributed by atoms with E-state index in [0.717, 1.165) is 38.9 Å². The summed E-state index contributed by atoms with van der Waals surface area (Å²) < 4.78 is 9.48. The van der Waals surface area contributed by atoms with E-state index in [2.05, 4.69) is 13.8 Å². The Balaban J connectivity index is -0.000000143. The van der Waals surface area contributed by atoms with Gasteiger partial charge in [-0.3, -0.25) is 0 Å². The summed E-state index contributed by atoms with van der Waals surface area (Å²) in [6.07, 6.45) is 4.12. The SMILES string of the molecule is [CH2-]CCCOC.[CH2-]CCCOC.[Zn+2]. The standard InChI is InChI=1S/2C5H11O.Zn/c2*1-3-4-5-6-2;/h2*1,3-5H2,2H3;/q2*-1;+2. The molecule has 0 unspecified atom stereocenters. The number of hydrogen-bond donors (Lipinski definition) is 0. The van der Waals surface area contributed by atoms with Crippen LogP contribution in [0.2, 0.25) is 0 Å². The predicted molar refractivity (Wildman–Crippen MR) is 52.9 cm³/mol. The Kier molecular flexibility index (Phi) is 33.8. The van der Waals surface area contributed by atoms with E-state index in [0.29, 0.717) is 0 Å². The van der Waals surface area contributed by atoms with Crippen molar-refractivity contribution < 1.29 is 29.0 Å². The zero-order chi connectivity index (χ0) is 9.66. The normalized spacial score (nSPS) is 8.31. The van der Waals surface area contributed by atoms with Gasteiger partial charge in [-0.15, -0.1) is 0 Å². The number of ether oxygens (including phenoxy) is 2. The Morgan fingerprint density at radius 3 is 1.23 bits per heavy atom. The average molecular weight is 240 g/mol. The van der Waals surface area contributed by atoms with Gasteiger partial charge in [-0.25, -0.2) is 0 Å². The van der Waals surface area contributed by atoms with Crippen molar-refractivity contribution in [3.05, 3.63) is 13.8 Å². The molecule has 0 bridgehead atoms. The van der Waals surface area contributed by atoms with E-state index in [1.54, 1.807) is 14.2 Å². The van der Waals surface area contributed by atoms with Gasteiger partial charge < -0.3 is 23.3 Å². The van der Waals surface area contributed by atoms with Crippen LogP contribution in [0.5, 0.6) is 0 Å². The van der Waals surface area contributed by atoms with E-state index in [-0.39, 0.29) is 19.5 Å².